The van der Waals surface area contributed by atoms with Crippen molar-refractivity contribution in [3.63, 3.8) is 0 Å². The summed E-state index contributed by atoms with van der Waals surface area (Å²) < 4.78 is 40.8. The number of likely N-dealkylation sites (tertiary alicyclic amines) is 3. The SMILES string of the molecule is C1CNC1.CC(=O)OOC(C)=O.CCc1nc2ccc(-c3cnc(C(=O)N4CC(=O)C4)nc3)cn2c1N(C)c1nc(-c2ccc(F)cc2)c(C#N)s1.CCc1nc2ccc(-c3cnc(C(=O)N4CC(N5CCC5)C4)nc3)cn2c1N(C)c1nc(-c2ccc(F)cc2)c(C#N)s1.Cl.[2H]CC.[B-]OC(C)=O.[Na+]. The third kappa shape index (κ3) is 19.6. The Morgan fingerprint density at radius 1 is 0.625 bits per heavy atom. The predicted molar refractivity (Wildman–Crippen MR) is 386 cm³/mol. The summed E-state index contributed by atoms with van der Waals surface area (Å²) >= 11 is 2.52. The van der Waals surface area contributed by atoms with E-state index in [9.17, 15) is 48.1 Å². The van der Waals surface area contributed by atoms with Crippen molar-refractivity contribution in [2.75, 3.05) is 76.3 Å². The van der Waals surface area contributed by atoms with Crippen molar-refractivity contribution in [3.8, 4) is 56.9 Å². The molecule has 4 aliphatic heterocycles. The molecule has 0 spiro atoms. The maximum Gasteiger partial charge on any atom is 1.00 e. The Labute approximate surface area is 637 Å². The van der Waals surface area contributed by atoms with Gasteiger partial charge in [0.2, 0.25) is 17.6 Å². The number of nitrogens with zero attached hydrogens (tertiary/aromatic N) is 17. The maximum absolute atomic E-state index is 13.5. The Morgan fingerprint density at radius 2 is 0.990 bits per heavy atom. The fourth-order valence-corrected chi connectivity index (χ4v) is 12.1. The summed E-state index contributed by atoms with van der Waals surface area (Å²) in [5, 5.41) is 23.9. The van der Waals surface area contributed by atoms with Gasteiger partial charge in [0, 0.05) is 126 Å². The van der Waals surface area contributed by atoms with Gasteiger partial charge in [0.1, 0.15) is 67.8 Å². The van der Waals surface area contributed by atoms with Crippen LogP contribution >= 0.6 is 35.1 Å². The second-order valence-electron chi connectivity index (χ2n) is 22.9. The summed E-state index contributed by atoms with van der Waals surface area (Å²) in [5.74, 6) is -1.07. The molecule has 14 rings (SSSR count). The molecule has 1 N–H and O–H groups in total. The first-order valence-electron chi connectivity index (χ1n) is 32.9. The van der Waals surface area contributed by atoms with Gasteiger partial charge in [-0.15, -0.1) is 12.4 Å². The van der Waals surface area contributed by atoms with Crippen LogP contribution in [0.4, 0.5) is 30.7 Å². The van der Waals surface area contributed by atoms with Crippen LogP contribution in [0.2, 0.25) is 0 Å². The quantitative estimate of drug-likeness (QED) is 0.0679. The molecule has 533 valence electrons. The van der Waals surface area contributed by atoms with E-state index in [1.165, 1.54) is 84.7 Å². The van der Waals surface area contributed by atoms with Crippen molar-refractivity contribution >= 4 is 112 Å². The van der Waals surface area contributed by atoms with E-state index in [1.807, 2.05) is 88.1 Å². The van der Waals surface area contributed by atoms with E-state index in [0.29, 0.717) is 73.9 Å². The van der Waals surface area contributed by atoms with E-state index < -0.39 is 17.9 Å². The first-order valence-corrected chi connectivity index (χ1v) is 33.8. The van der Waals surface area contributed by atoms with Gasteiger partial charge in [-0.2, -0.15) is 10.5 Å². The summed E-state index contributed by atoms with van der Waals surface area (Å²) in [7, 11) is 8.09. The molecular weight excluding hydrogens is 1410 g/mol. The number of hydrogen-bond donors (Lipinski definition) is 1. The number of nitriles is 2. The first-order chi connectivity index (χ1) is 49.6. The van der Waals surface area contributed by atoms with Crippen LogP contribution in [0.25, 0.3) is 56.1 Å². The Bertz CT molecular complexity index is 4760. The zero-order chi connectivity index (χ0) is 74.0. The van der Waals surface area contributed by atoms with Crippen molar-refractivity contribution in [2.24, 2.45) is 0 Å². The molecule has 10 aromatic rings. The largest absolute Gasteiger partial charge is 1.00 e. The summed E-state index contributed by atoms with van der Waals surface area (Å²) in [4.78, 5) is 120. The maximum atomic E-state index is 13.5. The number of carbonyl (C=O) groups excluding carboxylic acids is 6. The summed E-state index contributed by atoms with van der Waals surface area (Å²) in [6.07, 6.45) is 14.4. The normalized spacial score (nSPS) is 13.3. The zero-order valence-corrected chi connectivity index (χ0v) is 62.9. The second-order valence-corrected chi connectivity index (χ2v) is 24.8. The smallest absolute Gasteiger partial charge is 0.793 e. The Balaban J connectivity index is 0.000000229. The topological polar surface area (TPSA) is 318 Å². The molecule has 8 aromatic heterocycles. The molecule has 34 heteroatoms. The summed E-state index contributed by atoms with van der Waals surface area (Å²) in [6.45, 7) is 16.3. The number of pyridine rings is 2. The van der Waals surface area contributed by atoms with Gasteiger partial charge in [0.05, 0.1) is 24.5 Å². The van der Waals surface area contributed by atoms with Crippen LogP contribution in [0.5, 0.6) is 0 Å². The number of thiazole rings is 2. The minimum atomic E-state index is -0.639. The molecule has 0 bridgehead atoms. The summed E-state index contributed by atoms with van der Waals surface area (Å²) in [5.41, 5.74) is 8.73. The van der Waals surface area contributed by atoms with Gasteiger partial charge in [0.15, 0.2) is 16.0 Å². The van der Waals surface area contributed by atoms with Crippen LogP contribution in [0, 0.1) is 34.3 Å². The van der Waals surface area contributed by atoms with Gasteiger partial charge in [-0.3, -0.25) is 32.9 Å². The number of carbonyl (C=O) groups is 6. The van der Waals surface area contributed by atoms with E-state index in [1.54, 1.807) is 56.0 Å². The van der Waals surface area contributed by atoms with E-state index in [-0.39, 0.29) is 95.9 Å². The molecule has 2 amide bonds. The number of imidazole rings is 2. The van der Waals surface area contributed by atoms with E-state index in [4.69, 9.17) is 21.3 Å². The molecule has 3 radical (unpaired) electrons. The molecule has 4 fully saturated rings. The average Bonchev–Trinajstić information content (AvgIpc) is 1.63. The number of benzene rings is 2. The first kappa shape index (κ1) is 79.7. The van der Waals surface area contributed by atoms with Crippen molar-refractivity contribution < 1.29 is 82.9 Å². The monoisotopic (exact) mass is 1480 g/mol. The van der Waals surface area contributed by atoms with E-state index >= 15 is 0 Å². The third-order valence-electron chi connectivity index (χ3n) is 16.0. The number of amides is 2. The van der Waals surface area contributed by atoms with Crippen LogP contribution in [0.15, 0.2) is 110 Å². The molecule has 0 atom stereocenters. The Kier molecular flexibility index (Phi) is 29.1. The van der Waals surface area contributed by atoms with E-state index in [0.717, 1.165) is 91.0 Å². The Morgan fingerprint density at radius 3 is 1.30 bits per heavy atom. The molecule has 0 saturated carbocycles. The molecule has 2 aromatic carbocycles. The minimum Gasteiger partial charge on any atom is -0.793 e. The van der Waals surface area contributed by atoms with Gasteiger partial charge in [0.25, 0.3) is 11.8 Å². The molecule has 12 heterocycles. The van der Waals surface area contributed by atoms with Gasteiger partial charge in [-0.05, 0) is 125 Å². The number of hydrogen-bond acceptors (Lipinski definition) is 25. The number of anilines is 4. The van der Waals surface area contributed by atoms with Gasteiger partial charge in [-0.1, -0.05) is 50.3 Å². The van der Waals surface area contributed by atoms with Gasteiger partial charge >= 0.3 is 41.5 Å². The Hall–Kier alpha value is -10.0. The van der Waals surface area contributed by atoms with Crippen LogP contribution in [0.1, 0.15) is 105 Å². The van der Waals surface area contributed by atoms with Gasteiger partial charge in [-0.25, -0.2) is 68.0 Å². The van der Waals surface area contributed by atoms with Crippen molar-refractivity contribution in [2.45, 2.75) is 80.2 Å². The van der Waals surface area contributed by atoms with Crippen molar-refractivity contribution in [1.29, 1.82) is 10.5 Å². The average molecular weight is 1480 g/mol. The summed E-state index contributed by atoms with van der Waals surface area (Å²) in [6, 6.07) is 24.5. The number of aromatic nitrogens is 10. The van der Waals surface area contributed by atoms with Crippen molar-refractivity contribution in [1.82, 2.24) is 68.7 Å². The molecule has 4 saturated heterocycles. The molecule has 0 unspecified atom stereocenters. The molecular formula is C70H72BClF2N18NaO9S2. The van der Waals surface area contributed by atoms with Crippen LogP contribution < -0.4 is 44.7 Å². The van der Waals surface area contributed by atoms with Crippen LogP contribution in [-0.2, 0) is 46.4 Å². The fourth-order valence-electron chi connectivity index (χ4n) is 10.4. The zero-order valence-electron chi connectivity index (χ0n) is 59.5. The number of nitrogens with one attached hydrogen (secondary N) is 1. The number of aryl methyl sites for hydroxylation is 2. The number of halogens is 3. The van der Waals surface area contributed by atoms with Crippen LogP contribution in [0.3, 0.4) is 0 Å². The van der Waals surface area contributed by atoms with Gasteiger partial charge < -0.3 is 37.6 Å². The predicted octanol–water partition coefficient (Wildman–Crippen LogP) is 7.16. The molecule has 4 aliphatic rings. The molecule has 0 aliphatic carbocycles. The van der Waals surface area contributed by atoms with Crippen molar-refractivity contribution in [3.05, 3.63) is 154 Å². The minimum absolute atomic E-state index is 0. The number of ketones is 1. The fraction of sp³-hybridized carbons (Fsp3) is 0.314. The number of Topliss-reactive ketones (excluding diaryl/α,β-unsaturated/α-hetero) is 1. The third-order valence-corrected chi connectivity index (χ3v) is 18.0. The molecule has 104 heavy (non-hydrogen) atoms. The molecule has 27 nitrogen and oxygen atoms in total. The van der Waals surface area contributed by atoms with E-state index in [2.05, 4.69) is 64.8 Å². The van der Waals surface area contributed by atoms with Crippen LogP contribution in [-0.4, -0.2) is 179 Å². The number of rotatable bonds is 13. The number of fused-ring (bicyclic) bond motifs is 2. The second kappa shape index (κ2) is 37.9. The standard InChI is InChI=1S/C31H28FN9OS.C28H21FN8O2S.C4H6O4.C3H7N.C2H3BO2.C2H6.ClH.Na/c1-3-24-29(38(2)31-37-27(25(13-33)43-31)19-5-8-22(32)9-6-19)41-16-20(7-10-26(41)36-24)21-14-34-28(35-15-21)30(42)40-17-23(18-40)39-11-4-12-39;1-3-21-26(35(2)28-34-24(22(10-30)40-28)16-4-7-19(29)8-5-16)37-13-17(6-9-23(37)33-21)18-11-31-25(32-12-18)27(39)36-14-20(38)15-36;1-3(5)7-8-4(2)6;1-2-4-3-1;1-2(4)5-3;1-2;;/h5-10,14-16,23H,3-4,11-12,17-18H2,1-2H3;4-9,11-13H,3,14-15H2,1-2H3;1-2H3;4H,1-3H2;1H3;1-2H3;1H;/q;;;;-1;;;+1/i;;;;;1D;;.